The lowest BCUT2D eigenvalue weighted by molar-refractivity contribution is 0.215. The molecule has 6 heteroatoms. The number of benzene rings is 2. The van der Waals surface area contributed by atoms with Crippen molar-refractivity contribution in [1.82, 2.24) is 9.78 Å². The fourth-order valence-electron chi connectivity index (χ4n) is 2.09. The van der Waals surface area contributed by atoms with E-state index in [1.54, 1.807) is 30.3 Å². The molecule has 23 heavy (non-hydrogen) atoms. The van der Waals surface area contributed by atoms with Crippen molar-refractivity contribution in [3.63, 3.8) is 0 Å². The number of hydrogen-bond donors (Lipinski definition) is 2. The van der Waals surface area contributed by atoms with E-state index >= 15 is 0 Å². The lowest BCUT2D eigenvalue weighted by Crippen LogP contribution is -2.19. The molecule has 0 aliphatic carbocycles. The molecule has 0 aliphatic rings. The second-order valence-electron chi connectivity index (χ2n) is 4.75. The van der Waals surface area contributed by atoms with Crippen molar-refractivity contribution in [3.05, 3.63) is 72.4 Å². The Balaban J connectivity index is 1.82. The fraction of sp³-hybridized carbons (Fsp3) is 0.0588. The zero-order valence-corrected chi connectivity index (χ0v) is 12.2. The molecule has 0 aliphatic heterocycles. The van der Waals surface area contributed by atoms with Crippen LogP contribution in [0.4, 0.5) is 10.6 Å². The number of rotatable bonds is 4. The van der Waals surface area contributed by atoms with Gasteiger partial charge in [0.05, 0.1) is 18.0 Å². The van der Waals surface area contributed by atoms with E-state index in [-0.39, 0.29) is 6.61 Å². The summed E-state index contributed by atoms with van der Waals surface area (Å²) in [6.45, 7) is -0.220. The number of carbonyl (C=O) groups excluding carboxylic acids is 1. The fourth-order valence-corrected chi connectivity index (χ4v) is 2.09. The topological polar surface area (TPSA) is 76.4 Å². The molecule has 0 fully saturated rings. The zero-order chi connectivity index (χ0) is 16.1. The Bertz CT molecular complexity index is 785. The summed E-state index contributed by atoms with van der Waals surface area (Å²) >= 11 is 0. The van der Waals surface area contributed by atoms with Gasteiger partial charge in [0.2, 0.25) is 0 Å². The Kier molecular flexibility index (Phi) is 4.35. The van der Waals surface area contributed by atoms with Crippen molar-refractivity contribution in [1.29, 1.82) is 0 Å². The maximum absolute atomic E-state index is 12.0. The third kappa shape index (κ3) is 3.56. The number of para-hydroxylation sites is 2. The lowest BCUT2D eigenvalue weighted by atomic mass is 10.3. The quantitative estimate of drug-likeness (QED) is 0.777. The summed E-state index contributed by atoms with van der Waals surface area (Å²) in [4.78, 5) is 12.0. The van der Waals surface area contributed by atoms with Gasteiger partial charge in [-0.2, -0.15) is 5.10 Å². The third-order valence-corrected chi connectivity index (χ3v) is 3.11. The van der Waals surface area contributed by atoms with Gasteiger partial charge in [-0.15, -0.1) is 0 Å². The molecule has 116 valence electrons. The number of amides is 1. The number of anilines is 1. The van der Waals surface area contributed by atoms with Gasteiger partial charge >= 0.3 is 6.09 Å². The van der Waals surface area contributed by atoms with Crippen molar-refractivity contribution in [3.8, 4) is 11.4 Å². The van der Waals surface area contributed by atoms with Crippen molar-refractivity contribution < 1.29 is 14.6 Å². The molecule has 0 bridgehead atoms. The summed E-state index contributed by atoms with van der Waals surface area (Å²) in [7, 11) is 0. The predicted octanol–water partition coefficient (Wildman–Crippen LogP) is 2.98. The summed E-state index contributed by atoms with van der Waals surface area (Å²) < 4.78 is 6.74. The molecular weight excluding hydrogens is 294 g/mol. The molecule has 0 spiro atoms. The summed E-state index contributed by atoms with van der Waals surface area (Å²) in [5.41, 5.74) is 1.21. The van der Waals surface area contributed by atoms with Crippen LogP contribution in [0.5, 0.6) is 5.75 Å². The van der Waals surface area contributed by atoms with E-state index in [1.165, 1.54) is 4.68 Å². The van der Waals surface area contributed by atoms with Gasteiger partial charge in [-0.1, -0.05) is 36.4 Å². The van der Waals surface area contributed by atoms with Crippen LogP contribution < -0.4 is 10.1 Å². The van der Waals surface area contributed by atoms with Crippen LogP contribution >= 0.6 is 0 Å². The number of aliphatic hydroxyl groups excluding tert-OH is 1. The van der Waals surface area contributed by atoms with Crippen LogP contribution in [0, 0.1) is 0 Å². The molecule has 6 nitrogen and oxygen atoms in total. The molecule has 0 radical (unpaired) electrons. The first-order chi connectivity index (χ1) is 11.3. The maximum Gasteiger partial charge on any atom is 0.418 e. The highest BCUT2D eigenvalue weighted by atomic mass is 16.6. The monoisotopic (exact) mass is 309 g/mol. The molecule has 0 saturated heterocycles. The Hall–Kier alpha value is -3.12. The van der Waals surface area contributed by atoms with Gasteiger partial charge in [0.1, 0.15) is 11.6 Å². The highest BCUT2D eigenvalue weighted by Gasteiger charge is 2.13. The standard InChI is InChI=1S/C17H15N3O3/c21-12-13-11-16(20(19-13)14-7-3-1-4-8-14)18-17(22)23-15-9-5-2-6-10-15/h1-11,21H,12H2,(H,18,22). The van der Waals surface area contributed by atoms with E-state index in [0.717, 1.165) is 5.69 Å². The highest BCUT2D eigenvalue weighted by molar-refractivity contribution is 5.85. The number of aromatic nitrogens is 2. The molecule has 2 N–H and O–H groups in total. The second-order valence-corrected chi connectivity index (χ2v) is 4.75. The van der Waals surface area contributed by atoms with Crippen LogP contribution in [-0.2, 0) is 6.61 Å². The molecular formula is C17H15N3O3. The minimum atomic E-state index is -0.627. The molecule has 2 aromatic carbocycles. The molecule has 1 heterocycles. The van der Waals surface area contributed by atoms with Gasteiger partial charge in [0.25, 0.3) is 0 Å². The second kappa shape index (κ2) is 6.76. The first kappa shape index (κ1) is 14.8. The van der Waals surface area contributed by atoms with E-state index in [0.29, 0.717) is 17.3 Å². The van der Waals surface area contributed by atoms with Crippen LogP contribution in [0.3, 0.4) is 0 Å². The summed E-state index contributed by atoms with van der Waals surface area (Å²) in [6, 6.07) is 19.7. The number of hydrogen-bond acceptors (Lipinski definition) is 4. The molecule has 0 saturated carbocycles. The van der Waals surface area contributed by atoms with Crippen molar-refractivity contribution in [2.45, 2.75) is 6.61 Å². The highest BCUT2D eigenvalue weighted by Crippen LogP contribution is 2.18. The van der Waals surface area contributed by atoms with Crippen LogP contribution in [0.25, 0.3) is 5.69 Å². The van der Waals surface area contributed by atoms with Crippen LogP contribution in [0.1, 0.15) is 5.69 Å². The molecule has 3 rings (SSSR count). The van der Waals surface area contributed by atoms with Crippen LogP contribution in [0.2, 0.25) is 0 Å². The molecule has 0 unspecified atom stereocenters. The van der Waals surface area contributed by atoms with Gasteiger partial charge in [-0.05, 0) is 24.3 Å². The van der Waals surface area contributed by atoms with E-state index in [9.17, 15) is 9.90 Å². The number of nitrogens with zero attached hydrogens (tertiary/aromatic N) is 2. The average Bonchev–Trinajstić information content (AvgIpc) is 2.99. The number of aliphatic hydroxyl groups is 1. The number of carbonyl (C=O) groups is 1. The Morgan fingerprint density at radius 1 is 1.09 bits per heavy atom. The largest absolute Gasteiger partial charge is 0.418 e. The zero-order valence-electron chi connectivity index (χ0n) is 12.2. The SMILES string of the molecule is O=C(Nc1cc(CO)nn1-c1ccccc1)Oc1ccccc1. The summed E-state index contributed by atoms with van der Waals surface area (Å²) in [6.07, 6.45) is -0.627. The van der Waals surface area contributed by atoms with Crippen molar-refractivity contribution >= 4 is 11.9 Å². The van der Waals surface area contributed by atoms with Gasteiger partial charge in [-0.25, -0.2) is 9.48 Å². The Labute approximate surface area is 133 Å². The van der Waals surface area contributed by atoms with Crippen molar-refractivity contribution in [2.24, 2.45) is 0 Å². The van der Waals surface area contributed by atoms with Crippen LogP contribution in [0.15, 0.2) is 66.7 Å². The molecule has 1 amide bonds. The van der Waals surface area contributed by atoms with Crippen molar-refractivity contribution in [2.75, 3.05) is 5.32 Å². The average molecular weight is 309 g/mol. The van der Waals surface area contributed by atoms with E-state index in [4.69, 9.17) is 4.74 Å². The van der Waals surface area contributed by atoms with E-state index in [1.807, 2.05) is 36.4 Å². The predicted molar refractivity (Wildman–Crippen MR) is 85.6 cm³/mol. The maximum atomic E-state index is 12.0. The Morgan fingerprint density at radius 3 is 2.39 bits per heavy atom. The van der Waals surface area contributed by atoms with E-state index < -0.39 is 6.09 Å². The third-order valence-electron chi connectivity index (χ3n) is 3.11. The normalized spacial score (nSPS) is 10.3. The molecule has 1 aromatic heterocycles. The van der Waals surface area contributed by atoms with Gasteiger partial charge in [0.15, 0.2) is 0 Å². The van der Waals surface area contributed by atoms with Gasteiger partial charge in [0, 0.05) is 6.07 Å². The number of nitrogens with one attached hydrogen (secondary N) is 1. The van der Waals surface area contributed by atoms with Gasteiger partial charge < -0.3 is 9.84 Å². The first-order valence-electron chi connectivity index (χ1n) is 7.05. The smallest absolute Gasteiger partial charge is 0.410 e. The lowest BCUT2D eigenvalue weighted by Gasteiger charge is -2.09. The van der Waals surface area contributed by atoms with Gasteiger partial charge in [-0.3, -0.25) is 5.32 Å². The summed E-state index contributed by atoms with van der Waals surface area (Å²) in [5.74, 6) is 0.860. The first-order valence-corrected chi connectivity index (χ1v) is 7.05. The van der Waals surface area contributed by atoms with E-state index in [2.05, 4.69) is 10.4 Å². The molecule has 3 aromatic rings. The molecule has 0 atom stereocenters. The Morgan fingerprint density at radius 2 is 1.74 bits per heavy atom. The minimum absolute atomic E-state index is 0.220. The van der Waals surface area contributed by atoms with Crippen LogP contribution in [-0.4, -0.2) is 21.0 Å². The minimum Gasteiger partial charge on any atom is -0.410 e. The summed E-state index contributed by atoms with van der Waals surface area (Å²) in [5, 5.41) is 16.2. The number of ether oxygens (including phenoxy) is 1.